The molecule has 0 aliphatic rings. The van der Waals surface area contributed by atoms with Crippen LogP contribution in [0.4, 0.5) is 13.6 Å². The number of carbonyl (C=O) groups is 1. The van der Waals surface area contributed by atoms with Crippen LogP contribution in [0.25, 0.3) is 5.70 Å². The number of benzene rings is 1. The second-order valence-corrected chi connectivity index (χ2v) is 2.74. The van der Waals surface area contributed by atoms with E-state index < -0.39 is 17.7 Å². The molecule has 0 aliphatic carbocycles. The first kappa shape index (κ1) is 11.7. The van der Waals surface area contributed by atoms with Crippen molar-refractivity contribution in [3.63, 3.8) is 0 Å². The van der Waals surface area contributed by atoms with Gasteiger partial charge in [0.05, 0.1) is 11.8 Å². The largest absolute Gasteiger partial charge is 0.465 e. The maximum atomic E-state index is 13.3. The first-order chi connectivity index (χ1) is 7.54. The van der Waals surface area contributed by atoms with Gasteiger partial charge in [-0.3, -0.25) is 5.32 Å². The van der Waals surface area contributed by atoms with Crippen molar-refractivity contribution in [1.29, 1.82) is 5.26 Å². The number of nitriles is 1. The smallest absolute Gasteiger partial charge is 0.409 e. The van der Waals surface area contributed by atoms with Gasteiger partial charge in [0.1, 0.15) is 11.6 Å². The van der Waals surface area contributed by atoms with Crippen LogP contribution in [-0.4, -0.2) is 11.2 Å². The zero-order valence-electron chi connectivity index (χ0n) is 7.87. The molecule has 1 rings (SSSR count). The molecule has 0 saturated heterocycles. The molecule has 0 aliphatic heterocycles. The van der Waals surface area contributed by atoms with Crippen LogP contribution in [0.3, 0.4) is 0 Å². The Hall–Kier alpha value is -2.42. The molecule has 1 aromatic rings. The minimum atomic E-state index is -1.44. The van der Waals surface area contributed by atoms with Crippen molar-refractivity contribution in [2.45, 2.75) is 0 Å². The molecule has 2 N–H and O–H groups in total. The highest BCUT2D eigenvalue weighted by atomic mass is 19.1. The molecule has 6 heteroatoms. The van der Waals surface area contributed by atoms with E-state index in [1.54, 1.807) is 6.07 Å². The van der Waals surface area contributed by atoms with E-state index in [1.165, 1.54) is 0 Å². The lowest BCUT2D eigenvalue weighted by molar-refractivity contribution is 0.199. The number of halogens is 2. The highest BCUT2D eigenvalue weighted by Gasteiger charge is 2.11. The van der Waals surface area contributed by atoms with E-state index >= 15 is 0 Å². The van der Waals surface area contributed by atoms with Gasteiger partial charge >= 0.3 is 6.09 Å². The minimum Gasteiger partial charge on any atom is -0.465 e. The molecule has 4 nitrogen and oxygen atoms in total. The molecule has 0 bridgehead atoms. The van der Waals surface area contributed by atoms with Crippen molar-refractivity contribution in [1.82, 2.24) is 5.32 Å². The Kier molecular flexibility index (Phi) is 3.56. The first-order valence-corrected chi connectivity index (χ1v) is 4.09. The third-order valence-electron chi connectivity index (χ3n) is 1.67. The number of carboxylic acid groups (broad SMARTS) is 1. The van der Waals surface area contributed by atoms with Crippen molar-refractivity contribution < 1.29 is 18.7 Å². The van der Waals surface area contributed by atoms with Crippen molar-refractivity contribution in [2.24, 2.45) is 0 Å². The summed E-state index contributed by atoms with van der Waals surface area (Å²) in [5.41, 5.74) is -0.433. The van der Waals surface area contributed by atoms with Gasteiger partial charge in [0.25, 0.3) is 0 Å². The van der Waals surface area contributed by atoms with Crippen LogP contribution in [-0.2, 0) is 0 Å². The van der Waals surface area contributed by atoms with Crippen LogP contribution in [0, 0.1) is 23.0 Å². The molecule has 0 heterocycles. The van der Waals surface area contributed by atoms with Gasteiger partial charge in [-0.1, -0.05) is 0 Å². The van der Waals surface area contributed by atoms with Gasteiger partial charge in [0.15, 0.2) is 0 Å². The monoisotopic (exact) mass is 224 g/mol. The fourth-order valence-corrected chi connectivity index (χ4v) is 1.07. The predicted molar refractivity (Wildman–Crippen MR) is 51.1 cm³/mol. The lowest BCUT2D eigenvalue weighted by atomic mass is 10.1. The summed E-state index contributed by atoms with van der Waals surface area (Å²) < 4.78 is 25.8. The number of hydrogen-bond acceptors (Lipinski definition) is 2. The maximum absolute atomic E-state index is 13.3. The van der Waals surface area contributed by atoms with Crippen molar-refractivity contribution >= 4 is 11.8 Å². The van der Waals surface area contributed by atoms with Gasteiger partial charge in [-0.2, -0.15) is 5.26 Å². The molecule has 0 saturated carbocycles. The lowest BCUT2D eigenvalue weighted by Crippen LogP contribution is -2.19. The summed E-state index contributed by atoms with van der Waals surface area (Å²) in [4.78, 5) is 10.4. The molecule has 0 aromatic heterocycles. The van der Waals surface area contributed by atoms with E-state index in [4.69, 9.17) is 10.4 Å². The summed E-state index contributed by atoms with van der Waals surface area (Å²) in [6.07, 6.45) is -0.616. The quantitative estimate of drug-likeness (QED) is 0.755. The van der Waals surface area contributed by atoms with Crippen molar-refractivity contribution in [2.75, 3.05) is 0 Å². The second kappa shape index (κ2) is 4.89. The Labute approximate surface area is 89.4 Å². The molecule has 82 valence electrons. The van der Waals surface area contributed by atoms with E-state index in [-0.39, 0.29) is 11.3 Å². The molecular formula is C10H6F2N2O2. The Morgan fingerprint density at radius 1 is 1.50 bits per heavy atom. The summed E-state index contributed by atoms with van der Waals surface area (Å²) >= 11 is 0. The number of nitrogens with one attached hydrogen (secondary N) is 1. The fourth-order valence-electron chi connectivity index (χ4n) is 1.07. The van der Waals surface area contributed by atoms with Crippen LogP contribution in [0.15, 0.2) is 24.3 Å². The number of rotatable bonds is 2. The summed E-state index contributed by atoms with van der Waals surface area (Å²) in [6, 6.07) is 4.18. The molecule has 0 unspecified atom stereocenters. The molecule has 0 spiro atoms. The van der Waals surface area contributed by atoms with Crippen molar-refractivity contribution in [3.05, 3.63) is 41.5 Å². The lowest BCUT2D eigenvalue weighted by Gasteiger charge is -2.06. The highest BCUT2D eigenvalue weighted by Crippen LogP contribution is 2.16. The Bertz CT molecular complexity index is 492. The third-order valence-corrected chi connectivity index (χ3v) is 1.67. The maximum Gasteiger partial charge on any atom is 0.409 e. The van der Waals surface area contributed by atoms with Gasteiger partial charge in [-0.15, -0.1) is 0 Å². The molecular weight excluding hydrogens is 218 g/mol. The van der Waals surface area contributed by atoms with Crippen LogP contribution in [0.5, 0.6) is 0 Å². The molecule has 0 atom stereocenters. The number of nitrogens with zero attached hydrogens (tertiary/aromatic N) is 1. The Morgan fingerprint density at radius 3 is 2.69 bits per heavy atom. The molecule has 0 fully saturated rings. The summed E-state index contributed by atoms with van der Waals surface area (Å²) in [5.74, 6) is -1.73. The fraction of sp³-hybridized carbons (Fsp3) is 0. The topological polar surface area (TPSA) is 73.1 Å². The van der Waals surface area contributed by atoms with Gasteiger partial charge in [-0.25, -0.2) is 13.6 Å². The Morgan fingerprint density at radius 2 is 2.19 bits per heavy atom. The van der Waals surface area contributed by atoms with Crippen LogP contribution in [0.2, 0.25) is 0 Å². The molecule has 1 aromatic carbocycles. The average molecular weight is 224 g/mol. The van der Waals surface area contributed by atoms with E-state index in [0.29, 0.717) is 6.07 Å². The number of amides is 1. The molecule has 16 heavy (non-hydrogen) atoms. The number of allylic oxidation sites excluding steroid dienone is 1. The first-order valence-electron chi connectivity index (χ1n) is 4.09. The SMILES string of the molecule is N#C/C=C(\NC(=O)O)c1ccc(F)cc1F. The average Bonchev–Trinajstić information content (AvgIpc) is 2.16. The predicted octanol–water partition coefficient (Wildman–Crippen LogP) is 2.10. The summed E-state index contributed by atoms with van der Waals surface area (Å²) in [5, 5.41) is 18.7. The zero-order chi connectivity index (χ0) is 12.1. The van der Waals surface area contributed by atoms with Crippen LogP contribution < -0.4 is 5.32 Å². The zero-order valence-corrected chi connectivity index (χ0v) is 7.87. The number of hydrogen-bond donors (Lipinski definition) is 2. The van der Waals surface area contributed by atoms with Gasteiger partial charge < -0.3 is 5.11 Å². The third kappa shape index (κ3) is 2.78. The highest BCUT2D eigenvalue weighted by molar-refractivity contribution is 5.81. The minimum absolute atomic E-state index is 0.189. The van der Waals surface area contributed by atoms with Crippen LogP contribution in [0.1, 0.15) is 5.56 Å². The summed E-state index contributed by atoms with van der Waals surface area (Å²) in [7, 11) is 0. The van der Waals surface area contributed by atoms with E-state index in [0.717, 1.165) is 18.2 Å². The van der Waals surface area contributed by atoms with Gasteiger partial charge in [0, 0.05) is 17.7 Å². The van der Waals surface area contributed by atoms with Gasteiger partial charge in [-0.05, 0) is 12.1 Å². The summed E-state index contributed by atoms with van der Waals surface area (Å²) in [6.45, 7) is 0. The van der Waals surface area contributed by atoms with E-state index in [1.807, 2.05) is 5.32 Å². The normalized spacial score (nSPS) is 10.7. The van der Waals surface area contributed by atoms with E-state index in [2.05, 4.69) is 0 Å². The standard InChI is InChI=1S/C10H6F2N2O2/c11-6-1-2-7(8(12)5-6)9(3-4-13)14-10(15)16/h1-3,5,14H,(H,15,16)/b9-3-. The molecule has 0 radical (unpaired) electrons. The second-order valence-electron chi connectivity index (χ2n) is 2.74. The molecule has 1 amide bonds. The van der Waals surface area contributed by atoms with Crippen LogP contribution >= 0.6 is 0 Å². The van der Waals surface area contributed by atoms with Gasteiger partial charge in [0.2, 0.25) is 0 Å². The van der Waals surface area contributed by atoms with Crippen molar-refractivity contribution in [3.8, 4) is 6.07 Å². The Balaban J connectivity index is 3.17. The van der Waals surface area contributed by atoms with E-state index in [9.17, 15) is 13.6 Å².